The molecule has 7 heteroatoms. The predicted octanol–water partition coefficient (Wildman–Crippen LogP) is 1.56. The third kappa shape index (κ3) is 10.0. The zero-order valence-electron chi connectivity index (χ0n) is 15.2. The van der Waals surface area contributed by atoms with Crippen LogP contribution in [-0.2, 0) is 4.79 Å². The van der Waals surface area contributed by atoms with Crippen molar-refractivity contribution in [3.05, 3.63) is 0 Å². The van der Waals surface area contributed by atoms with E-state index in [1.54, 1.807) is 7.05 Å². The minimum Gasteiger partial charge on any atom is -0.354 e. The second-order valence-electron chi connectivity index (χ2n) is 6.98. The summed E-state index contributed by atoms with van der Waals surface area (Å²) in [6.07, 6.45) is 3.45. The molecule has 0 aromatic rings. The normalized spacial score (nSPS) is 17.3. The smallest absolute Gasteiger partial charge is 0.239 e. The van der Waals surface area contributed by atoms with Gasteiger partial charge in [-0.15, -0.1) is 24.0 Å². The van der Waals surface area contributed by atoms with E-state index in [9.17, 15) is 4.79 Å². The van der Waals surface area contributed by atoms with Crippen molar-refractivity contribution in [3.63, 3.8) is 0 Å². The highest BCUT2D eigenvalue weighted by molar-refractivity contribution is 14.0. The first-order chi connectivity index (χ1) is 10.3. The molecule has 1 saturated heterocycles. The SMILES string of the molecule is CCCN1CCC(NC(=NC)NCC(=O)NC(C)(C)C)CC1.I. The van der Waals surface area contributed by atoms with Crippen LogP contribution < -0.4 is 16.0 Å². The van der Waals surface area contributed by atoms with Gasteiger partial charge in [0.05, 0.1) is 6.54 Å². The molecule has 0 aromatic carbocycles. The Kier molecular flexibility index (Phi) is 10.8. The van der Waals surface area contributed by atoms with Gasteiger partial charge in [0.25, 0.3) is 0 Å². The molecule has 1 amide bonds. The minimum absolute atomic E-state index is 0. The van der Waals surface area contributed by atoms with Gasteiger partial charge in [0, 0.05) is 31.7 Å². The number of nitrogens with one attached hydrogen (secondary N) is 3. The van der Waals surface area contributed by atoms with Crippen LogP contribution in [-0.4, -0.2) is 61.6 Å². The van der Waals surface area contributed by atoms with Gasteiger partial charge in [-0.2, -0.15) is 0 Å². The Labute approximate surface area is 158 Å². The molecular formula is C16H34IN5O. The van der Waals surface area contributed by atoms with Crippen LogP contribution in [0.15, 0.2) is 4.99 Å². The van der Waals surface area contributed by atoms with Gasteiger partial charge in [0.2, 0.25) is 5.91 Å². The molecule has 0 aromatic heterocycles. The van der Waals surface area contributed by atoms with Crippen LogP contribution in [0, 0.1) is 0 Å². The third-order valence-corrected chi connectivity index (χ3v) is 3.62. The number of rotatable bonds is 5. The van der Waals surface area contributed by atoms with Gasteiger partial charge >= 0.3 is 0 Å². The quantitative estimate of drug-likeness (QED) is 0.346. The number of amides is 1. The average Bonchev–Trinajstić information content (AvgIpc) is 2.43. The standard InChI is InChI=1S/C16H33N5O.HI/c1-6-9-21-10-7-13(8-11-21)19-15(17-5)18-12-14(22)20-16(2,3)4;/h13H,6-12H2,1-5H3,(H,20,22)(H2,17,18,19);1H. The minimum atomic E-state index is -0.207. The van der Waals surface area contributed by atoms with Crippen LogP contribution in [0.25, 0.3) is 0 Å². The number of hydrogen-bond donors (Lipinski definition) is 3. The first-order valence-corrected chi connectivity index (χ1v) is 8.34. The second-order valence-corrected chi connectivity index (χ2v) is 6.98. The van der Waals surface area contributed by atoms with E-state index in [0.29, 0.717) is 12.0 Å². The van der Waals surface area contributed by atoms with Gasteiger partial charge in [0.15, 0.2) is 5.96 Å². The molecule has 0 aliphatic carbocycles. The van der Waals surface area contributed by atoms with E-state index < -0.39 is 0 Å². The fraction of sp³-hybridized carbons (Fsp3) is 0.875. The maximum atomic E-state index is 11.8. The summed E-state index contributed by atoms with van der Waals surface area (Å²) in [5.41, 5.74) is -0.207. The number of nitrogens with zero attached hydrogens (tertiary/aromatic N) is 2. The van der Waals surface area contributed by atoms with Gasteiger partial charge in [-0.25, -0.2) is 0 Å². The van der Waals surface area contributed by atoms with E-state index in [1.807, 2.05) is 20.8 Å². The zero-order chi connectivity index (χ0) is 16.6. The summed E-state index contributed by atoms with van der Waals surface area (Å²) in [5.74, 6) is 0.686. The van der Waals surface area contributed by atoms with Crippen molar-refractivity contribution < 1.29 is 4.79 Å². The van der Waals surface area contributed by atoms with Gasteiger partial charge in [-0.1, -0.05) is 6.92 Å². The number of likely N-dealkylation sites (tertiary alicyclic amines) is 1. The van der Waals surface area contributed by atoms with Crippen LogP contribution in [0.5, 0.6) is 0 Å². The maximum Gasteiger partial charge on any atom is 0.239 e. The molecule has 0 spiro atoms. The van der Waals surface area contributed by atoms with E-state index in [-0.39, 0.29) is 42.0 Å². The largest absolute Gasteiger partial charge is 0.354 e. The molecule has 0 radical (unpaired) electrons. The summed E-state index contributed by atoms with van der Waals surface area (Å²) in [7, 11) is 1.74. The van der Waals surface area contributed by atoms with Crippen LogP contribution >= 0.6 is 24.0 Å². The lowest BCUT2D eigenvalue weighted by atomic mass is 10.1. The molecule has 0 unspecified atom stereocenters. The highest BCUT2D eigenvalue weighted by Gasteiger charge is 2.19. The topological polar surface area (TPSA) is 68.8 Å². The van der Waals surface area contributed by atoms with Gasteiger partial charge in [-0.3, -0.25) is 9.79 Å². The summed E-state index contributed by atoms with van der Waals surface area (Å²) in [6.45, 7) is 11.8. The molecule has 1 aliphatic rings. The molecule has 3 N–H and O–H groups in total. The van der Waals surface area contributed by atoms with Crippen molar-refractivity contribution >= 4 is 35.8 Å². The molecule has 1 fully saturated rings. The van der Waals surface area contributed by atoms with Crippen molar-refractivity contribution in [3.8, 4) is 0 Å². The van der Waals surface area contributed by atoms with E-state index in [1.165, 1.54) is 13.0 Å². The molecule has 136 valence electrons. The molecule has 1 heterocycles. The number of piperidine rings is 1. The highest BCUT2D eigenvalue weighted by atomic mass is 127. The number of guanidine groups is 1. The van der Waals surface area contributed by atoms with Crippen molar-refractivity contribution in [2.45, 2.75) is 58.5 Å². The Bertz CT molecular complexity index is 373. The fourth-order valence-electron chi connectivity index (χ4n) is 2.63. The number of halogens is 1. The lowest BCUT2D eigenvalue weighted by Gasteiger charge is -2.32. The predicted molar refractivity (Wildman–Crippen MR) is 108 cm³/mol. The zero-order valence-corrected chi connectivity index (χ0v) is 17.6. The van der Waals surface area contributed by atoms with Crippen LogP contribution in [0.1, 0.15) is 47.0 Å². The van der Waals surface area contributed by atoms with Crippen molar-refractivity contribution in [2.75, 3.05) is 33.2 Å². The van der Waals surface area contributed by atoms with Crippen LogP contribution in [0.3, 0.4) is 0 Å². The monoisotopic (exact) mass is 439 g/mol. The Morgan fingerprint density at radius 3 is 2.35 bits per heavy atom. The summed E-state index contributed by atoms with van der Waals surface area (Å²) in [5, 5.41) is 9.44. The Hall–Kier alpha value is -0.570. The molecule has 1 rings (SSSR count). The lowest BCUT2D eigenvalue weighted by molar-refractivity contribution is -0.121. The van der Waals surface area contributed by atoms with E-state index in [2.05, 4.69) is 32.8 Å². The molecule has 0 bridgehead atoms. The Morgan fingerprint density at radius 1 is 1.26 bits per heavy atom. The molecule has 0 saturated carbocycles. The highest BCUT2D eigenvalue weighted by Crippen LogP contribution is 2.10. The van der Waals surface area contributed by atoms with E-state index in [4.69, 9.17) is 0 Å². The van der Waals surface area contributed by atoms with Crippen LogP contribution in [0.4, 0.5) is 0 Å². The molecular weight excluding hydrogens is 405 g/mol. The second kappa shape index (κ2) is 11.1. The number of carbonyl (C=O) groups is 1. The molecule has 1 aliphatic heterocycles. The summed E-state index contributed by atoms with van der Waals surface area (Å²) in [6, 6.07) is 0.435. The maximum absolute atomic E-state index is 11.8. The summed E-state index contributed by atoms with van der Waals surface area (Å²) < 4.78 is 0. The van der Waals surface area contributed by atoms with Gasteiger partial charge < -0.3 is 20.9 Å². The average molecular weight is 439 g/mol. The van der Waals surface area contributed by atoms with Crippen LogP contribution in [0.2, 0.25) is 0 Å². The number of aliphatic imine (C=N–C) groups is 1. The molecule has 23 heavy (non-hydrogen) atoms. The van der Waals surface area contributed by atoms with Gasteiger partial charge in [-0.05, 0) is 46.6 Å². The Morgan fingerprint density at radius 2 is 1.87 bits per heavy atom. The number of hydrogen-bond acceptors (Lipinski definition) is 3. The first kappa shape index (κ1) is 22.4. The van der Waals surface area contributed by atoms with Crippen molar-refractivity contribution in [2.24, 2.45) is 4.99 Å². The van der Waals surface area contributed by atoms with E-state index >= 15 is 0 Å². The van der Waals surface area contributed by atoms with Crippen molar-refractivity contribution in [1.82, 2.24) is 20.9 Å². The fourth-order valence-corrected chi connectivity index (χ4v) is 2.63. The summed E-state index contributed by atoms with van der Waals surface area (Å²) in [4.78, 5) is 18.5. The summed E-state index contributed by atoms with van der Waals surface area (Å²) >= 11 is 0. The molecule has 6 nitrogen and oxygen atoms in total. The molecule has 0 atom stereocenters. The van der Waals surface area contributed by atoms with E-state index in [0.717, 1.165) is 25.9 Å². The lowest BCUT2D eigenvalue weighted by Crippen LogP contribution is -2.51. The first-order valence-electron chi connectivity index (χ1n) is 8.34. The van der Waals surface area contributed by atoms with Crippen molar-refractivity contribution in [1.29, 1.82) is 0 Å². The van der Waals surface area contributed by atoms with Gasteiger partial charge in [0.1, 0.15) is 0 Å². The third-order valence-electron chi connectivity index (χ3n) is 3.62. The number of carbonyl (C=O) groups excluding carboxylic acids is 1. The Balaban J connectivity index is 0.00000484.